The number of carbonyl (C=O) groups excluding carboxylic acids is 4. The first kappa shape index (κ1) is 45.9. The fourth-order valence-corrected chi connectivity index (χ4v) is 8.87. The molecule has 3 aliphatic heterocycles. The summed E-state index contributed by atoms with van der Waals surface area (Å²) in [5, 5.41) is 61.4. The summed E-state index contributed by atoms with van der Waals surface area (Å²) in [6.45, 7) is 3.65. The number of anilines is 1. The van der Waals surface area contributed by atoms with Crippen LogP contribution in [-0.4, -0.2) is 184 Å². The van der Waals surface area contributed by atoms with E-state index in [-0.39, 0.29) is 24.3 Å². The summed E-state index contributed by atoms with van der Waals surface area (Å²) in [6, 6.07) is 0.766. The van der Waals surface area contributed by atoms with Gasteiger partial charge in [-0.25, -0.2) is 14.8 Å². The molecule has 2 aromatic heterocycles. The van der Waals surface area contributed by atoms with Crippen LogP contribution in [0.4, 0.5) is 10.6 Å². The average Bonchev–Trinajstić information content (AvgIpc) is 3.69. The van der Waals surface area contributed by atoms with Crippen molar-refractivity contribution in [2.75, 3.05) is 45.9 Å². The molecule has 22 nitrogen and oxygen atoms in total. The monoisotopic (exact) mass is 859 g/mol. The smallest absolute Gasteiger partial charge is 0.327 e. The van der Waals surface area contributed by atoms with Crippen molar-refractivity contribution in [1.29, 1.82) is 5.26 Å². The third-order valence-electron chi connectivity index (χ3n) is 12.2. The van der Waals surface area contributed by atoms with Gasteiger partial charge in [0.1, 0.15) is 61.2 Å². The van der Waals surface area contributed by atoms with E-state index in [1.54, 1.807) is 17.2 Å². The van der Waals surface area contributed by atoms with Crippen LogP contribution in [0.2, 0.25) is 0 Å². The van der Waals surface area contributed by atoms with Gasteiger partial charge in [-0.05, 0) is 31.2 Å². The molecule has 336 valence electrons. The Bertz CT molecular complexity index is 1910. The van der Waals surface area contributed by atoms with Crippen LogP contribution in [0.5, 0.6) is 0 Å². The number of piperidine rings is 1. The van der Waals surface area contributed by atoms with E-state index in [0.29, 0.717) is 42.8 Å². The highest BCUT2D eigenvalue weighted by molar-refractivity contribution is 5.95. The normalized spacial score (nSPS) is 34.3. The largest absolute Gasteiger partial charge is 0.394 e. The third kappa shape index (κ3) is 9.74. The highest BCUT2D eigenvalue weighted by Gasteiger charge is 2.53. The van der Waals surface area contributed by atoms with Crippen LogP contribution in [0.3, 0.4) is 0 Å². The number of nitriles is 1. The minimum atomic E-state index is -1.79. The molecule has 0 bridgehead atoms. The van der Waals surface area contributed by atoms with Gasteiger partial charge in [-0.2, -0.15) is 5.26 Å². The highest BCUT2D eigenvalue weighted by Crippen LogP contribution is 2.32. The van der Waals surface area contributed by atoms with Gasteiger partial charge in [-0.15, -0.1) is 0 Å². The molecule has 5 heterocycles. The second kappa shape index (κ2) is 20.1. The quantitative estimate of drug-likeness (QED) is 0.122. The van der Waals surface area contributed by atoms with Crippen LogP contribution in [0.1, 0.15) is 52.4 Å². The number of hydrogen-bond donors (Lipinski definition) is 7. The number of rotatable bonds is 12. The number of ether oxygens (including phenoxy) is 5. The molecule has 0 aromatic carbocycles. The van der Waals surface area contributed by atoms with Gasteiger partial charge in [0.15, 0.2) is 24.3 Å². The Balaban J connectivity index is 1.16. The van der Waals surface area contributed by atoms with Crippen molar-refractivity contribution in [1.82, 2.24) is 35.4 Å². The van der Waals surface area contributed by atoms with Gasteiger partial charge in [0.25, 0.3) is 5.91 Å². The molecular weight excluding hydrogens is 802 g/mol. The molecule has 2 aromatic rings. The third-order valence-corrected chi connectivity index (χ3v) is 12.2. The van der Waals surface area contributed by atoms with Crippen LogP contribution < -0.4 is 20.9 Å². The Hall–Kier alpha value is -4.57. The SMILES string of the molecule is CO[C@@H]1OC(CO)[C@@H](O)[C@H](O[C@@H]2OC(C(=O)NC3CCCCC3NC(=O)n3ccc4c(N(C)[C@H]5CN(C(=O)CC#N)CC[C@H]5C)ncnc43)[C@@H](OC)[C@H](O)C2O)C1NC(C)=O. The fourth-order valence-electron chi connectivity index (χ4n) is 8.87. The maximum atomic E-state index is 14.1. The van der Waals surface area contributed by atoms with E-state index in [9.17, 15) is 39.6 Å². The van der Waals surface area contributed by atoms with Crippen molar-refractivity contribution in [3.63, 3.8) is 0 Å². The lowest BCUT2D eigenvalue weighted by molar-refractivity contribution is -0.338. The number of aliphatic hydroxyl groups excluding tert-OH is 4. The molecule has 4 aliphatic rings. The lowest BCUT2D eigenvalue weighted by atomic mass is 9.89. The van der Waals surface area contributed by atoms with E-state index in [4.69, 9.17) is 28.9 Å². The van der Waals surface area contributed by atoms with E-state index in [0.717, 1.165) is 19.3 Å². The number of nitrogens with one attached hydrogen (secondary N) is 3. The van der Waals surface area contributed by atoms with Crippen LogP contribution in [0, 0.1) is 17.2 Å². The summed E-state index contributed by atoms with van der Waals surface area (Å²) < 4.78 is 29.7. The molecule has 7 N–H and O–H groups in total. The maximum absolute atomic E-state index is 14.1. The van der Waals surface area contributed by atoms with Crippen LogP contribution in [-0.2, 0) is 38.1 Å². The molecule has 0 radical (unpaired) electrons. The first-order valence-corrected chi connectivity index (χ1v) is 20.5. The Morgan fingerprint density at radius 1 is 0.967 bits per heavy atom. The van der Waals surface area contributed by atoms with E-state index in [1.165, 1.54) is 32.0 Å². The second-order valence-corrected chi connectivity index (χ2v) is 16.1. The number of amides is 4. The molecule has 1 saturated carbocycles. The number of methoxy groups -OCH3 is 2. The number of aliphatic hydroxyl groups is 4. The summed E-state index contributed by atoms with van der Waals surface area (Å²) in [5.41, 5.74) is 0.348. The van der Waals surface area contributed by atoms with Crippen molar-refractivity contribution in [3.8, 4) is 6.07 Å². The molecule has 6 unspecified atom stereocenters. The Labute approximate surface area is 352 Å². The molecule has 22 heteroatoms. The Kier molecular flexibility index (Phi) is 15.1. The Morgan fingerprint density at radius 2 is 1.69 bits per heavy atom. The summed E-state index contributed by atoms with van der Waals surface area (Å²) in [7, 11) is 4.40. The molecule has 4 fully saturated rings. The number of likely N-dealkylation sites (N-methyl/N-ethyl adjacent to an activating group) is 1. The zero-order chi connectivity index (χ0) is 44.1. The van der Waals surface area contributed by atoms with Crippen molar-refractivity contribution in [2.45, 2.75) is 132 Å². The van der Waals surface area contributed by atoms with Crippen molar-refractivity contribution >= 4 is 40.6 Å². The molecule has 0 spiro atoms. The molecule has 1 aliphatic carbocycles. The zero-order valence-electron chi connectivity index (χ0n) is 34.8. The fraction of sp³-hybridized carbons (Fsp3) is 0.718. The van der Waals surface area contributed by atoms with Crippen LogP contribution >= 0.6 is 0 Å². The van der Waals surface area contributed by atoms with E-state index < -0.39 is 97.9 Å². The van der Waals surface area contributed by atoms with Gasteiger partial charge in [0.2, 0.25) is 11.8 Å². The summed E-state index contributed by atoms with van der Waals surface area (Å²) >= 11 is 0. The molecule has 6 rings (SSSR count). The molecule has 3 saturated heterocycles. The van der Waals surface area contributed by atoms with Gasteiger partial charge in [-0.1, -0.05) is 19.8 Å². The van der Waals surface area contributed by atoms with Crippen molar-refractivity contribution in [3.05, 3.63) is 18.6 Å². The van der Waals surface area contributed by atoms with Crippen molar-refractivity contribution in [2.24, 2.45) is 5.92 Å². The van der Waals surface area contributed by atoms with Crippen LogP contribution in [0.15, 0.2) is 18.6 Å². The van der Waals surface area contributed by atoms with Gasteiger partial charge in [-0.3, -0.25) is 19.0 Å². The number of nitrogens with zero attached hydrogens (tertiary/aromatic N) is 6. The van der Waals surface area contributed by atoms with Crippen LogP contribution in [0.25, 0.3) is 11.0 Å². The average molecular weight is 860 g/mol. The van der Waals surface area contributed by atoms with Gasteiger partial charge < -0.3 is 69.9 Å². The summed E-state index contributed by atoms with van der Waals surface area (Å²) in [6.07, 6.45) is -7.58. The van der Waals surface area contributed by atoms with E-state index in [1.807, 2.05) is 18.0 Å². The first-order chi connectivity index (χ1) is 29.2. The lowest BCUT2D eigenvalue weighted by Crippen LogP contribution is -2.69. The summed E-state index contributed by atoms with van der Waals surface area (Å²) in [4.78, 5) is 65.3. The lowest BCUT2D eigenvalue weighted by Gasteiger charge is -2.47. The highest BCUT2D eigenvalue weighted by atomic mass is 16.7. The van der Waals surface area contributed by atoms with E-state index >= 15 is 0 Å². The molecule has 61 heavy (non-hydrogen) atoms. The topological polar surface area (TPSA) is 292 Å². The zero-order valence-corrected chi connectivity index (χ0v) is 34.8. The predicted octanol–water partition coefficient (Wildman–Crippen LogP) is -1.92. The van der Waals surface area contributed by atoms with E-state index in [2.05, 4.69) is 32.8 Å². The Morgan fingerprint density at radius 3 is 2.34 bits per heavy atom. The minimum Gasteiger partial charge on any atom is -0.394 e. The maximum Gasteiger partial charge on any atom is 0.327 e. The van der Waals surface area contributed by atoms with Crippen molar-refractivity contribution < 1.29 is 63.3 Å². The summed E-state index contributed by atoms with van der Waals surface area (Å²) in [5.74, 6) is -0.702. The number of hydrogen-bond acceptors (Lipinski definition) is 17. The van der Waals surface area contributed by atoms with Gasteiger partial charge in [0.05, 0.1) is 30.1 Å². The predicted molar refractivity (Wildman–Crippen MR) is 211 cm³/mol. The number of fused-ring (bicyclic) bond motifs is 1. The molecule has 4 amide bonds. The standard InChI is InChI=1S/C39H57N9O13/c1-19-11-14-47(26(51)10-13-40)16-24(19)46(3)34-21-12-15-48(35(21)42-18-41-34)39(56)45-23-9-7-6-8-22(23)44-36(55)33-32(57-4)29(53)30(54)38(61-33)60-31-27(43-20(2)50)37(58-5)59-25(17-49)28(31)52/h12,15,18-19,22-25,27-33,37-38,49,52-54H,6-11,14,16-17H2,1-5H3,(H,43,50)(H,44,55)(H,45,56)/t19-,22?,23?,24+,25?,27?,28-,29-,30?,31-,32+,33?,37-,38-/m1/s1. The van der Waals surface area contributed by atoms with Gasteiger partial charge >= 0.3 is 6.03 Å². The van der Waals surface area contributed by atoms with Gasteiger partial charge in [0, 0.05) is 53.5 Å². The number of carbonyl (C=O) groups is 4. The number of likely N-dealkylation sites (tertiary alicyclic amines) is 1. The molecular formula is C39H57N9O13. The second-order valence-electron chi connectivity index (χ2n) is 16.1. The number of aromatic nitrogens is 3. The molecule has 14 atom stereocenters. The first-order valence-electron chi connectivity index (χ1n) is 20.5. The minimum absolute atomic E-state index is 0.105.